The van der Waals surface area contributed by atoms with Crippen LogP contribution in [0.3, 0.4) is 0 Å². The molecule has 100 valence electrons. The van der Waals surface area contributed by atoms with Gasteiger partial charge in [0.1, 0.15) is 0 Å². The highest BCUT2D eigenvalue weighted by atomic mass is 32.2. The van der Waals surface area contributed by atoms with E-state index in [0.29, 0.717) is 13.1 Å². The lowest BCUT2D eigenvalue weighted by Gasteiger charge is -2.37. The molecule has 0 unspecified atom stereocenters. The SMILES string of the molecule is Cc1ccc(N2C(C)(C)CNCCS2(=O)=O)cc1. The van der Waals surface area contributed by atoms with Crippen LogP contribution < -0.4 is 9.62 Å². The molecule has 0 aromatic heterocycles. The molecule has 1 aliphatic rings. The van der Waals surface area contributed by atoms with Crippen molar-refractivity contribution >= 4 is 15.7 Å². The molecule has 0 spiro atoms. The zero-order valence-electron chi connectivity index (χ0n) is 11.1. The molecule has 0 saturated carbocycles. The van der Waals surface area contributed by atoms with Crippen molar-refractivity contribution in [2.75, 3.05) is 23.1 Å². The third-order valence-electron chi connectivity index (χ3n) is 3.19. The average Bonchev–Trinajstić information content (AvgIpc) is 2.37. The third-order valence-corrected chi connectivity index (χ3v) is 5.17. The first kappa shape index (κ1) is 13.4. The van der Waals surface area contributed by atoms with Crippen LogP contribution in [0.5, 0.6) is 0 Å². The van der Waals surface area contributed by atoms with Crippen molar-refractivity contribution in [2.45, 2.75) is 26.3 Å². The lowest BCUT2D eigenvalue weighted by molar-refractivity contribution is 0.482. The molecule has 1 saturated heterocycles. The largest absolute Gasteiger partial charge is 0.313 e. The van der Waals surface area contributed by atoms with Gasteiger partial charge in [-0.1, -0.05) is 17.7 Å². The maximum absolute atomic E-state index is 12.4. The number of hydrogen-bond acceptors (Lipinski definition) is 3. The summed E-state index contributed by atoms with van der Waals surface area (Å²) in [5.74, 6) is 0.143. The Labute approximate surface area is 109 Å². The average molecular weight is 268 g/mol. The van der Waals surface area contributed by atoms with Gasteiger partial charge in [-0.3, -0.25) is 4.31 Å². The number of sulfonamides is 1. The Morgan fingerprint density at radius 3 is 2.44 bits per heavy atom. The Morgan fingerprint density at radius 1 is 1.22 bits per heavy atom. The van der Waals surface area contributed by atoms with Gasteiger partial charge in [-0.15, -0.1) is 0 Å². The fourth-order valence-electron chi connectivity index (χ4n) is 2.33. The van der Waals surface area contributed by atoms with Crippen LogP contribution in [0.25, 0.3) is 0 Å². The normalized spacial score (nSPS) is 22.5. The van der Waals surface area contributed by atoms with Crippen LogP contribution in [-0.2, 0) is 10.0 Å². The van der Waals surface area contributed by atoms with Gasteiger partial charge in [-0.25, -0.2) is 8.42 Å². The topological polar surface area (TPSA) is 49.4 Å². The van der Waals surface area contributed by atoms with Gasteiger partial charge in [0.2, 0.25) is 10.0 Å². The summed E-state index contributed by atoms with van der Waals surface area (Å²) >= 11 is 0. The summed E-state index contributed by atoms with van der Waals surface area (Å²) in [6, 6.07) is 7.64. The second-order valence-corrected chi connectivity index (χ2v) is 7.34. The summed E-state index contributed by atoms with van der Waals surface area (Å²) in [6.07, 6.45) is 0. The van der Waals surface area contributed by atoms with E-state index in [-0.39, 0.29) is 5.75 Å². The highest BCUT2D eigenvalue weighted by Crippen LogP contribution is 2.29. The molecule has 1 aromatic carbocycles. The van der Waals surface area contributed by atoms with Crippen molar-refractivity contribution in [1.82, 2.24) is 5.32 Å². The number of benzene rings is 1. The second-order valence-electron chi connectivity index (χ2n) is 5.41. The van der Waals surface area contributed by atoms with Gasteiger partial charge < -0.3 is 5.32 Å². The summed E-state index contributed by atoms with van der Waals surface area (Å²) in [7, 11) is -3.26. The predicted molar refractivity (Wildman–Crippen MR) is 74.4 cm³/mol. The summed E-state index contributed by atoms with van der Waals surface area (Å²) in [5.41, 5.74) is 1.42. The number of aryl methyl sites for hydroxylation is 1. The molecule has 1 heterocycles. The highest BCUT2D eigenvalue weighted by molar-refractivity contribution is 7.92. The Bertz CT molecular complexity index is 520. The summed E-state index contributed by atoms with van der Waals surface area (Å²) < 4.78 is 26.3. The molecule has 0 bridgehead atoms. The molecule has 1 fully saturated rings. The van der Waals surface area contributed by atoms with E-state index >= 15 is 0 Å². The Kier molecular flexibility index (Phi) is 3.38. The predicted octanol–water partition coefficient (Wildman–Crippen LogP) is 1.51. The molecule has 4 nitrogen and oxygen atoms in total. The minimum absolute atomic E-state index is 0.143. The molecule has 1 aliphatic heterocycles. The number of rotatable bonds is 1. The van der Waals surface area contributed by atoms with E-state index in [0.717, 1.165) is 11.3 Å². The minimum Gasteiger partial charge on any atom is -0.313 e. The van der Waals surface area contributed by atoms with Crippen molar-refractivity contribution in [2.24, 2.45) is 0 Å². The van der Waals surface area contributed by atoms with E-state index < -0.39 is 15.6 Å². The molecule has 1 N–H and O–H groups in total. The van der Waals surface area contributed by atoms with E-state index in [1.54, 1.807) is 4.31 Å². The lowest BCUT2D eigenvalue weighted by atomic mass is 10.0. The van der Waals surface area contributed by atoms with Gasteiger partial charge in [-0.05, 0) is 32.9 Å². The summed E-state index contributed by atoms with van der Waals surface area (Å²) in [6.45, 7) is 7.05. The van der Waals surface area contributed by atoms with E-state index in [2.05, 4.69) is 5.32 Å². The maximum atomic E-state index is 12.4. The summed E-state index contributed by atoms with van der Waals surface area (Å²) in [4.78, 5) is 0. The Morgan fingerprint density at radius 2 is 1.83 bits per heavy atom. The standard InChI is InChI=1S/C13H20N2O2S/c1-11-4-6-12(7-5-11)15-13(2,3)10-14-8-9-18(15,16)17/h4-7,14H,8-10H2,1-3H3. The van der Waals surface area contributed by atoms with Crippen molar-refractivity contribution in [3.63, 3.8) is 0 Å². The van der Waals surface area contributed by atoms with Crippen molar-refractivity contribution in [3.05, 3.63) is 29.8 Å². The maximum Gasteiger partial charge on any atom is 0.236 e. The van der Waals surface area contributed by atoms with Crippen LogP contribution in [-0.4, -0.2) is 32.8 Å². The van der Waals surface area contributed by atoms with Crippen LogP contribution in [0.15, 0.2) is 24.3 Å². The van der Waals surface area contributed by atoms with Gasteiger partial charge >= 0.3 is 0 Å². The Hall–Kier alpha value is -1.07. The van der Waals surface area contributed by atoms with Crippen LogP contribution in [0.1, 0.15) is 19.4 Å². The molecule has 0 amide bonds. The molecular formula is C13H20N2O2S. The Balaban J connectivity index is 2.51. The minimum atomic E-state index is -3.26. The van der Waals surface area contributed by atoms with E-state index in [4.69, 9.17) is 0 Å². The fourth-order valence-corrected chi connectivity index (χ4v) is 4.17. The lowest BCUT2D eigenvalue weighted by Crippen LogP contribution is -2.51. The van der Waals surface area contributed by atoms with Crippen LogP contribution in [0.4, 0.5) is 5.69 Å². The first-order valence-electron chi connectivity index (χ1n) is 6.13. The van der Waals surface area contributed by atoms with Crippen molar-refractivity contribution < 1.29 is 8.42 Å². The van der Waals surface area contributed by atoms with Crippen molar-refractivity contribution in [1.29, 1.82) is 0 Å². The molecule has 0 atom stereocenters. The van der Waals surface area contributed by atoms with Gasteiger partial charge in [0, 0.05) is 13.1 Å². The fraction of sp³-hybridized carbons (Fsp3) is 0.538. The molecule has 5 heteroatoms. The first-order valence-corrected chi connectivity index (χ1v) is 7.74. The third kappa shape index (κ3) is 2.52. The first-order chi connectivity index (χ1) is 8.33. The zero-order valence-corrected chi connectivity index (χ0v) is 11.9. The number of nitrogens with one attached hydrogen (secondary N) is 1. The van der Waals surface area contributed by atoms with E-state index in [1.807, 2.05) is 45.0 Å². The molecule has 1 aromatic rings. The number of nitrogens with zero attached hydrogens (tertiary/aromatic N) is 1. The van der Waals surface area contributed by atoms with Gasteiger partial charge in [0.25, 0.3) is 0 Å². The molecule has 0 aliphatic carbocycles. The summed E-state index contributed by atoms with van der Waals surface area (Å²) in [5, 5.41) is 3.18. The smallest absolute Gasteiger partial charge is 0.236 e. The quantitative estimate of drug-likeness (QED) is 0.840. The molecule has 18 heavy (non-hydrogen) atoms. The van der Waals surface area contributed by atoms with Crippen LogP contribution in [0.2, 0.25) is 0 Å². The van der Waals surface area contributed by atoms with Crippen molar-refractivity contribution in [3.8, 4) is 0 Å². The van der Waals surface area contributed by atoms with Crippen LogP contribution in [0, 0.1) is 6.92 Å². The molecule has 0 radical (unpaired) electrons. The van der Waals surface area contributed by atoms with Crippen LogP contribution >= 0.6 is 0 Å². The van der Waals surface area contributed by atoms with E-state index in [1.165, 1.54) is 0 Å². The van der Waals surface area contributed by atoms with E-state index in [9.17, 15) is 8.42 Å². The molecular weight excluding hydrogens is 248 g/mol. The van der Waals surface area contributed by atoms with Gasteiger partial charge in [-0.2, -0.15) is 0 Å². The highest BCUT2D eigenvalue weighted by Gasteiger charge is 2.37. The van der Waals surface area contributed by atoms with Gasteiger partial charge in [0.15, 0.2) is 0 Å². The zero-order chi connectivity index (χ0) is 13.4. The monoisotopic (exact) mass is 268 g/mol. The second kappa shape index (κ2) is 4.55. The number of hydrogen-bond donors (Lipinski definition) is 1. The van der Waals surface area contributed by atoms with Gasteiger partial charge in [0.05, 0.1) is 17.0 Å². The number of anilines is 1. The molecule has 2 rings (SSSR count).